The molecule has 33 heavy (non-hydrogen) atoms. The molecule has 3 N–H and O–H groups in total. The summed E-state index contributed by atoms with van der Waals surface area (Å²) in [7, 11) is 1.94. The Morgan fingerprint density at radius 1 is 1.18 bits per heavy atom. The van der Waals surface area contributed by atoms with Crippen LogP contribution >= 0.6 is 0 Å². The first-order valence-corrected chi connectivity index (χ1v) is 10.5. The normalized spacial score (nSPS) is 13.2. The monoisotopic (exact) mass is 449 g/mol. The number of rotatable bonds is 5. The number of primary amides is 1. The Labute approximate surface area is 188 Å². The molecule has 0 unspecified atom stereocenters. The van der Waals surface area contributed by atoms with Gasteiger partial charge in [0, 0.05) is 37.2 Å². The largest absolute Gasteiger partial charge is 0.366 e. The van der Waals surface area contributed by atoms with Crippen LogP contribution in [0.1, 0.15) is 27.9 Å². The van der Waals surface area contributed by atoms with Crippen molar-refractivity contribution in [1.29, 1.82) is 0 Å². The molecule has 0 fully saturated rings. The molecule has 0 bridgehead atoms. The zero-order valence-corrected chi connectivity index (χ0v) is 17.8. The lowest BCUT2D eigenvalue weighted by Gasteiger charge is -2.28. The van der Waals surface area contributed by atoms with Crippen LogP contribution in [0.3, 0.4) is 0 Å². The number of carbonyl (C=O) groups is 1. The lowest BCUT2D eigenvalue weighted by atomic mass is 10.1. The van der Waals surface area contributed by atoms with Crippen LogP contribution in [0.25, 0.3) is 16.9 Å². The van der Waals surface area contributed by atoms with Crippen LogP contribution in [0.5, 0.6) is 0 Å². The van der Waals surface area contributed by atoms with Gasteiger partial charge in [0.25, 0.3) is 5.95 Å². The lowest BCUT2D eigenvalue weighted by Crippen LogP contribution is -2.28. The first-order chi connectivity index (χ1) is 15.9. The van der Waals surface area contributed by atoms with Gasteiger partial charge in [-0.25, -0.2) is 8.78 Å². The van der Waals surface area contributed by atoms with Crippen LogP contribution in [-0.2, 0) is 13.0 Å². The number of halogens is 2. The van der Waals surface area contributed by atoms with Crippen LogP contribution in [-0.4, -0.2) is 39.2 Å². The van der Waals surface area contributed by atoms with Crippen LogP contribution in [0.2, 0.25) is 0 Å². The summed E-state index contributed by atoms with van der Waals surface area (Å²) < 4.78 is 29.2. The topological polar surface area (TPSA) is 102 Å². The van der Waals surface area contributed by atoms with E-state index in [1.807, 2.05) is 18.0 Å². The molecule has 10 heteroatoms. The molecule has 168 valence electrons. The first-order valence-electron chi connectivity index (χ1n) is 10.5. The van der Waals surface area contributed by atoms with E-state index in [1.54, 1.807) is 6.07 Å². The Kier molecular flexibility index (Phi) is 5.12. The van der Waals surface area contributed by atoms with Crippen molar-refractivity contribution >= 4 is 28.4 Å². The van der Waals surface area contributed by atoms with E-state index in [0.717, 1.165) is 42.4 Å². The molecule has 2 aromatic heterocycles. The smallest absolute Gasteiger partial charge is 0.255 e. The highest BCUT2D eigenvalue weighted by Gasteiger charge is 2.23. The molecule has 0 saturated heterocycles. The van der Waals surface area contributed by atoms with E-state index < -0.39 is 11.7 Å². The quantitative estimate of drug-likeness (QED) is 0.485. The summed E-state index contributed by atoms with van der Waals surface area (Å²) in [5, 5.41) is 8.02. The van der Waals surface area contributed by atoms with Gasteiger partial charge in [0.05, 0.1) is 17.3 Å². The van der Waals surface area contributed by atoms with E-state index in [-0.39, 0.29) is 17.3 Å². The van der Waals surface area contributed by atoms with Gasteiger partial charge in [-0.1, -0.05) is 12.1 Å². The summed E-state index contributed by atoms with van der Waals surface area (Å²) in [6.07, 6.45) is 3.17. The predicted molar refractivity (Wildman–Crippen MR) is 120 cm³/mol. The Hall–Kier alpha value is -4.08. The first kappa shape index (κ1) is 20.8. The summed E-state index contributed by atoms with van der Waals surface area (Å²) in [4.78, 5) is 23.2. The van der Waals surface area contributed by atoms with Crippen LogP contribution in [0.4, 0.5) is 20.4 Å². The maximum Gasteiger partial charge on any atom is 0.255 e. The predicted octanol–water partition coefficient (Wildman–Crippen LogP) is 3.19. The summed E-state index contributed by atoms with van der Waals surface area (Å²) in [6, 6.07) is 8.69. The molecule has 0 spiro atoms. The average Bonchev–Trinajstić information content (AvgIpc) is 3.21. The number of aromatic nitrogens is 4. The van der Waals surface area contributed by atoms with Crippen molar-refractivity contribution in [3.05, 3.63) is 70.9 Å². The van der Waals surface area contributed by atoms with Gasteiger partial charge in [-0.05, 0) is 36.6 Å². The zero-order valence-electron chi connectivity index (χ0n) is 17.8. The van der Waals surface area contributed by atoms with Gasteiger partial charge in [-0.3, -0.25) is 4.79 Å². The Morgan fingerprint density at radius 2 is 2.03 bits per heavy atom. The number of fused-ring (bicyclic) bond motifs is 2. The SMILES string of the molecule is CN1CCCc2c(NCc3cccc(F)c3)nc(-n3ncc4c(C(N)=O)cc(F)cc43)nc21. The fourth-order valence-corrected chi connectivity index (χ4v) is 4.13. The standard InChI is InChI=1S/C23H21F2N7O/c1-31-7-3-6-16-21(27-11-13-4-2-5-14(24)8-13)29-23(30-22(16)31)32-19-10-15(25)9-17(20(26)33)18(19)12-28-32/h2,4-5,8-10,12H,3,6-7,11H2,1H3,(H2,26,33)(H,27,29,30). The maximum atomic E-state index is 14.2. The number of nitrogens with zero attached hydrogens (tertiary/aromatic N) is 5. The molecule has 1 aliphatic heterocycles. The van der Waals surface area contributed by atoms with Crippen LogP contribution < -0.4 is 16.0 Å². The van der Waals surface area contributed by atoms with Gasteiger partial charge in [-0.15, -0.1) is 0 Å². The van der Waals surface area contributed by atoms with Crippen molar-refractivity contribution in [2.75, 3.05) is 23.8 Å². The van der Waals surface area contributed by atoms with E-state index in [9.17, 15) is 13.6 Å². The number of hydrogen-bond acceptors (Lipinski definition) is 6. The highest BCUT2D eigenvalue weighted by Crippen LogP contribution is 2.31. The third-order valence-electron chi connectivity index (χ3n) is 5.71. The molecule has 0 radical (unpaired) electrons. The van der Waals surface area contributed by atoms with Gasteiger partial charge in [0.2, 0.25) is 5.91 Å². The number of anilines is 2. The number of nitrogens with two attached hydrogens (primary N) is 1. The molecule has 5 rings (SSSR count). The average molecular weight is 449 g/mol. The van der Waals surface area contributed by atoms with Gasteiger partial charge >= 0.3 is 0 Å². The number of benzene rings is 2. The third-order valence-corrected chi connectivity index (χ3v) is 5.71. The molecule has 4 aromatic rings. The molecule has 1 aliphatic rings. The van der Waals surface area contributed by atoms with Crippen molar-refractivity contribution in [3.63, 3.8) is 0 Å². The highest BCUT2D eigenvalue weighted by molar-refractivity contribution is 6.05. The number of carbonyl (C=O) groups excluding carboxylic acids is 1. The minimum atomic E-state index is -0.748. The Bertz CT molecular complexity index is 1380. The fourth-order valence-electron chi connectivity index (χ4n) is 4.13. The molecule has 0 saturated carbocycles. The van der Waals surface area contributed by atoms with Crippen LogP contribution in [0.15, 0.2) is 42.6 Å². The van der Waals surface area contributed by atoms with Crippen molar-refractivity contribution in [2.45, 2.75) is 19.4 Å². The van der Waals surface area contributed by atoms with E-state index in [2.05, 4.69) is 15.4 Å². The summed E-state index contributed by atoms with van der Waals surface area (Å²) >= 11 is 0. The zero-order chi connectivity index (χ0) is 23.1. The minimum Gasteiger partial charge on any atom is -0.366 e. The summed E-state index contributed by atoms with van der Waals surface area (Å²) in [5.41, 5.74) is 7.51. The number of nitrogens with one attached hydrogen (secondary N) is 1. The molecular weight excluding hydrogens is 428 g/mol. The molecule has 0 aliphatic carbocycles. The fraction of sp³-hybridized carbons (Fsp3) is 0.217. The molecule has 1 amide bonds. The van der Waals surface area contributed by atoms with Gasteiger partial charge < -0.3 is 16.0 Å². The summed E-state index contributed by atoms with van der Waals surface area (Å²) in [6.45, 7) is 1.19. The van der Waals surface area contributed by atoms with Crippen molar-refractivity contribution in [3.8, 4) is 5.95 Å². The van der Waals surface area contributed by atoms with Crippen molar-refractivity contribution in [2.24, 2.45) is 5.73 Å². The second-order valence-corrected chi connectivity index (χ2v) is 7.99. The molecule has 8 nitrogen and oxygen atoms in total. The van der Waals surface area contributed by atoms with Crippen molar-refractivity contribution in [1.82, 2.24) is 19.7 Å². The van der Waals surface area contributed by atoms with E-state index in [0.29, 0.717) is 23.3 Å². The lowest BCUT2D eigenvalue weighted by molar-refractivity contribution is 0.100. The third kappa shape index (κ3) is 3.84. The van der Waals surface area contributed by atoms with E-state index >= 15 is 0 Å². The van der Waals surface area contributed by atoms with E-state index in [1.165, 1.54) is 29.1 Å². The van der Waals surface area contributed by atoms with Gasteiger partial charge in [-0.2, -0.15) is 19.7 Å². The Morgan fingerprint density at radius 3 is 2.82 bits per heavy atom. The summed E-state index contributed by atoms with van der Waals surface area (Å²) in [5.74, 6) is -0.112. The highest BCUT2D eigenvalue weighted by atomic mass is 19.1. The minimum absolute atomic E-state index is 0.0378. The molecule has 3 heterocycles. The maximum absolute atomic E-state index is 14.2. The number of amides is 1. The molecule has 2 aromatic carbocycles. The Balaban J connectivity index is 1.62. The van der Waals surface area contributed by atoms with Crippen LogP contribution in [0, 0.1) is 11.6 Å². The molecule has 0 atom stereocenters. The van der Waals surface area contributed by atoms with Crippen molar-refractivity contribution < 1.29 is 13.6 Å². The molecular formula is C23H21F2N7O. The van der Waals surface area contributed by atoms with Gasteiger partial charge in [0.15, 0.2) is 0 Å². The number of hydrogen-bond donors (Lipinski definition) is 2. The van der Waals surface area contributed by atoms with E-state index in [4.69, 9.17) is 10.7 Å². The second kappa shape index (κ2) is 8.12. The van der Waals surface area contributed by atoms with Gasteiger partial charge in [0.1, 0.15) is 23.3 Å². The second-order valence-electron chi connectivity index (χ2n) is 7.99.